The summed E-state index contributed by atoms with van der Waals surface area (Å²) in [5.41, 5.74) is 0.594. The van der Waals surface area contributed by atoms with E-state index < -0.39 is 11.9 Å². The zero-order chi connectivity index (χ0) is 21.1. The fourth-order valence-electron chi connectivity index (χ4n) is 2.47. The summed E-state index contributed by atoms with van der Waals surface area (Å²) in [6, 6.07) is 9.45. The second kappa shape index (κ2) is 9.05. The number of benzene rings is 2. The van der Waals surface area contributed by atoms with Crippen LogP contribution >= 0.6 is 46.4 Å². The average molecular weight is 474 g/mol. The van der Waals surface area contributed by atoms with Crippen molar-refractivity contribution in [2.45, 2.75) is 6.92 Å². The predicted molar refractivity (Wildman–Crippen MR) is 112 cm³/mol. The Balaban J connectivity index is 2.04. The summed E-state index contributed by atoms with van der Waals surface area (Å²) in [6.45, 7) is 1.76. The van der Waals surface area contributed by atoms with Crippen molar-refractivity contribution >= 4 is 64.2 Å². The first-order chi connectivity index (χ1) is 13.8. The highest BCUT2D eigenvalue weighted by molar-refractivity contribution is 6.46. The first-order valence-corrected chi connectivity index (χ1v) is 9.72. The quantitative estimate of drug-likeness (QED) is 0.343. The third-order valence-corrected chi connectivity index (χ3v) is 5.16. The van der Waals surface area contributed by atoms with E-state index in [9.17, 15) is 9.59 Å². The predicted octanol–water partition coefficient (Wildman–Crippen LogP) is 6.38. The molecule has 0 aliphatic heterocycles. The Bertz CT molecular complexity index is 1080. The number of carbonyl (C=O) groups excluding carboxylic acids is 2. The van der Waals surface area contributed by atoms with Crippen LogP contribution in [0.3, 0.4) is 0 Å². The van der Waals surface area contributed by atoms with Gasteiger partial charge in [-0.1, -0.05) is 63.7 Å². The third kappa shape index (κ3) is 4.51. The number of rotatable bonds is 5. The van der Waals surface area contributed by atoms with Crippen LogP contribution in [0.2, 0.25) is 20.1 Å². The molecule has 0 radical (unpaired) electrons. The maximum atomic E-state index is 12.7. The van der Waals surface area contributed by atoms with Crippen molar-refractivity contribution in [1.29, 1.82) is 0 Å². The lowest BCUT2D eigenvalue weighted by molar-refractivity contribution is 0.0528. The summed E-state index contributed by atoms with van der Waals surface area (Å²) >= 11 is 24.0. The second-order valence-electron chi connectivity index (χ2n) is 5.63. The minimum Gasteiger partial charge on any atom is -0.462 e. The summed E-state index contributed by atoms with van der Waals surface area (Å²) in [6.07, 6.45) is 0. The van der Waals surface area contributed by atoms with Crippen molar-refractivity contribution < 1.29 is 18.8 Å². The Morgan fingerprint density at radius 3 is 2.31 bits per heavy atom. The maximum Gasteiger partial charge on any atom is 0.346 e. The van der Waals surface area contributed by atoms with Crippen molar-refractivity contribution in [2.75, 3.05) is 11.9 Å². The van der Waals surface area contributed by atoms with Gasteiger partial charge >= 0.3 is 5.97 Å². The number of carbonyl (C=O) groups is 2. The fraction of sp³-hybridized carbons (Fsp3) is 0.105. The van der Waals surface area contributed by atoms with Gasteiger partial charge < -0.3 is 9.26 Å². The van der Waals surface area contributed by atoms with Gasteiger partial charge in [-0.15, -0.1) is 0 Å². The van der Waals surface area contributed by atoms with Crippen LogP contribution in [-0.4, -0.2) is 23.6 Å². The lowest BCUT2D eigenvalue weighted by Crippen LogP contribution is -2.16. The minimum absolute atomic E-state index is 0.0354. The molecule has 29 heavy (non-hydrogen) atoms. The number of anilines is 1. The Morgan fingerprint density at radius 2 is 1.66 bits per heavy atom. The Kier molecular flexibility index (Phi) is 6.70. The van der Waals surface area contributed by atoms with Gasteiger partial charge in [0.15, 0.2) is 5.56 Å². The van der Waals surface area contributed by atoms with Crippen molar-refractivity contribution in [3.63, 3.8) is 0 Å². The normalized spacial score (nSPS) is 10.7. The molecule has 0 atom stereocenters. The number of hydrogen-bond acceptors (Lipinski definition) is 5. The molecule has 0 spiro atoms. The number of aromatic nitrogens is 1. The molecule has 0 saturated heterocycles. The van der Waals surface area contributed by atoms with Crippen LogP contribution in [0.25, 0.3) is 11.3 Å². The molecule has 150 valence electrons. The Hall–Kier alpha value is -2.25. The number of ether oxygens (including phenoxy) is 1. The summed E-state index contributed by atoms with van der Waals surface area (Å²) < 4.78 is 10.3. The molecule has 0 saturated carbocycles. The molecular weight excluding hydrogens is 462 g/mol. The van der Waals surface area contributed by atoms with Gasteiger partial charge in [0.1, 0.15) is 5.69 Å². The van der Waals surface area contributed by atoms with Crippen LogP contribution in [0.15, 0.2) is 40.9 Å². The fourth-order valence-corrected chi connectivity index (χ4v) is 3.30. The highest BCUT2D eigenvalue weighted by Gasteiger charge is 2.28. The van der Waals surface area contributed by atoms with Crippen LogP contribution in [0.4, 0.5) is 5.88 Å². The van der Waals surface area contributed by atoms with E-state index in [2.05, 4.69) is 10.5 Å². The van der Waals surface area contributed by atoms with Gasteiger partial charge in [0.2, 0.25) is 5.88 Å². The van der Waals surface area contributed by atoms with E-state index in [1.54, 1.807) is 31.2 Å². The minimum atomic E-state index is -0.730. The second-order valence-corrected chi connectivity index (χ2v) is 7.26. The molecule has 1 aromatic heterocycles. The lowest BCUT2D eigenvalue weighted by atomic mass is 10.1. The summed E-state index contributed by atoms with van der Waals surface area (Å²) in [5.74, 6) is -1.67. The topological polar surface area (TPSA) is 81.4 Å². The molecular formula is C19H12Cl4N2O4. The number of halogens is 4. The molecule has 0 unspecified atom stereocenters. The van der Waals surface area contributed by atoms with Gasteiger partial charge in [0.05, 0.1) is 27.2 Å². The van der Waals surface area contributed by atoms with Crippen LogP contribution in [0.1, 0.15) is 27.6 Å². The zero-order valence-electron chi connectivity index (χ0n) is 14.8. The number of amides is 1. The van der Waals surface area contributed by atoms with Crippen LogP contribution in [0.5, 0.6) is 0 Å². The molecule has 3 aromatic rings. The van der Waals surface area contributed by atoms with E-state index in [-0.39, 0.29) is 44.4 Å². The van der Waals surface area contributed by atoms with E-state index >= 15 is 0 Å². The number of nitrogens with zero attached hydrogens (tertiary/aromatic N) is 1. The molecule has 1 heterocycles. The SMILES string of the molecule is CCOC(=O)c1c(-c2ccc(Cl)cc2)noc1NC(=O)c1c(Cl)ccc(Cl)c1Cl. The summed E-state index contributed by atoms with van der Waals surface area (Å²) in [5, 5.41) is 7.05. The van der Waals surface area contributed by atoms with E-state index in [1.165, 1.54) is 12.1 Å². The molecule has 0 aliphatic rings. The molecule has 6 nitrogen and oxygen atoms in total. The van der Waals surface area contributed by atoms with Crippen LogP contribution < -0.4 is 5.32 Å². The number of hydrogen-bond donors (Lipinski definition) is 1. The summed E-state index contributed by atoms with van der Waals surface area (Å²) in [7, 11) is 0. The monoisotopic (exact) mass is 472 g/mol. The molecule has 0 fully saturated rings. The largest absolute Gasteiger partial charge is 0.462 e. The first-order valence-electron chi connectivity index (χ1n) is 8.21. The zero-order valence-corrected chi connectivity index (χ0v) is 17.8. The van der Waals surface area contributed by atoms with Crippen molar-refractivity contribution in [3.8, 4) is 11.3 Å². The maximum absolute atomic E-state index is 12.7. The van der Waals surface area contributed by atoms with E-state index in [0.29, 0.717) is 10.6 Å². The van der Waals surface area contributed by atoms with E-state index in [4.69, 9.17) is 55.7 Å². The smallest absolute Gasteiger partial charge is 0.346 e. The van der Waals surface area contributed by atoms with Gasteiger partial charge in [-0.2, -0.15) is 0 Å². The molecule has 2 aromatic carbocycles. The van der Waals surface area contributed by atoms with Gasteiger partial charge in [0, 0.05) is 10.6 Å². The first kappa shape index (κ1) is 21.5. The van der Waals surface area contributed by atoms with Crippen LogP contribution in [0, 0.1) is 0 Å². The van der Waals surface area contributed by atoms with Crippen molar-refractivity contribution in [3.05, 3.63) is 67.6 Å². The molecule has 10 heteroatoms. The molecule has 3 rings (SSSR count). The van der Waals surface area contributed by atoms with Crippen molar-refractivity contribution in [1.82, 2.24) is 5.16 Å². The number of esters is 1. The van der Waals surface area contributed by atoms with Crippen molar-refractivity contribution in [2.24, 2.45) is 0 Å². The van der Waals surface area contributed by atoms with Gasteiger partial charge in [-0.3, -0.25) is 10.1 Å². The average Bonchev–Trinajstić information content (AvgIpc) is 3.09. The number of nitrogens with one attached hydrogen (secondary N) is 1. The van der Waals surface area contributed by atoms with Gasteiger partial charge in [-0.25, -0.2) is 4.79 Å². The van der Waals surface area contributed by atoms with Gasteiger partial charge in [0.25, 0.3) is 5.91 Å². The summed E-state index contributed by atoms with van der Waals surface area (Å²) in [4.78, 5) is 25.3. The molecule has 0 bridgehead atoms. The Labute approximate surface area is 185 Å². The third-order valence-electron chi connectivity index (χ3n) is 3.79. The molecule has 1 amide bonds. The standard InChI is InChI=1S/C19H12Cl4N2O4/c1-2-28-19(27)14-16(9-3-5-10(20)6-4-9)25-29-18(14)24-17(26)13-11(21)7-8-12(22)15(13)23/h3-8H,2H2,1H3,(H,24,26). The van der Waals surface area contributed by atoms with E-state index in [1.807, 2.05) is 0 Å². The highest BCUT2D eigenvalue weighted by Crippen LogP contribution is 2.34. The highest BCUT2D eigenvalue weighted by atomic mass is 35.5. The molecule has 1 N–H and O–H groups in total. The Morgan fingerprint density at radius 1 is 1.00 bits per heavy atom. The van der Waals surface area contributed by atoms with Crippen LogP contribution in [-0.2, 0) is 4.74 Å². The lowest BCUT2D eigenvalue weighted by Gasteiger charge is -2.09. The van der Waals surface area contributed by atoms with E-state index in [0.717, 1.165) is 0 Å². The van der Waals surface area contributed by atoms with Gasteiger partial charge in [-0.05, 0) is 31.2 Å². The molecule has 0 aliphatic carbocycles.